The highest BCUT2D eigenvalue weighted by Crippen LogP contribution is 2.20. The first kappa shape index (κ1) is 12.5. The number of hydrogen-bond acceptors (Lipinski definition) is 4. The van der Waals surface area contributed by atoms with Gasteiger partial charge in [0.1, 0.15) is 11.0 Å². The molecule has 1 atom stereocenters. The largest absolute Gasteiger partial charge is 0.478 e. The summed E-state index contributed by atoms with van der Waals surface area (Å²) in [6.45, 7) is 2.76. The maximum absolute atomic E-state index is 11.2. The number of fused-ring (bicyclic) bond motifs is 1. The maximum Gasteiger partial charge on any atom is 0.337 e. The number of hydrogen-bond donors (Lipinski definition) is 1. The van der Waals surface area contributed by atoms with E-state index >= 15 is 0 Å². The Labute approximate surface area is 105 Å². The lowest BCUT2D eigenvalue weighted by Crippen LogP contribution is -2.23. The summed E-state index contributed by atoms with van der Waals surface area (Å²) in [6, 6.07) is 5.09. The van der Waals surface area contributed by atoms with Crippen LogP contribution in [0.3, 0.4) is 0 Å². The van der Waals surface area contributed by atoms with Crippen molar-refractivity contribution >= 4 is 17.0 Å². The Kier molecular flexibility index (Phi) is 3.29. The highest BCUT2D eigenvalue weighted by molar-refractivity contribution is 6.00. The molecule has 1 aromatic carbocycles. The zero-order valence-corrected chi connectivity index (χ0v) is 10.7. The normalized spacial score (nSPS) is 13.1. The predicted octanol–water partition coefficient (Wildman–Crippen LogP) is 1.25. The van der Waals surface area contributed by atoms with Gasteiger partial charge in [0, 0.05) is 6.54 Å². The van der Waals surface area contributed by atoms with Gasteiger partial charge in [0.25, 0.3) is 0 Å². The van der Waals surface area contributed by atoms with E-state index in [1.807, 2.05) is 25.9 Å². The summed E-state index contributed by atoms with van der Waals surface area (Å²) in [6.07, 6.45) is 0. The van der Waals surface area contributed by atoms with E-state index in [-0.39, 0.29) is 11.6 Å². The van der Waals surface area contributed by atoms with Gasteiger partial charge in [-0.1, -0.05) is 11.3 Å². The fraction of sp³-hybridized carbons (Fsp3) is 0.417. The number of carboxylic acid groups (broad SMARTS) is 1. The topological polar surface area (TPSA) is 71.2 Å². The van der Waals surface area contributed by atoms with Crippen LogP contribution in [-0.2, 0) is 0 Å². The average Bonchev–Trinajstić information content (AvgIpc) is 2.70. The van der Waals surface area contributed by atoms with E-state index in [4.69, 9.17) is 0 Å². The molecular weight excluding hydrogens is 232 g/mol. The van der Waals surface area contributed by atoms with Crippen LogP contribution < -0.4 is 0 Å². The number of benzene rings is 1. The van der Waals surface area contributed by atoms with E-state index in [9.17, 15) is 9.90 Å². The van der Waals surface area contributed by atoms with Crippen molar-refractivity contribution in [3.63, 3.8) is 0 Å². The molecule has 0 spiro atoms. The number of aromatic carboxylic acids is 1. The average molecular weight is 248 g/mol. The third kappa shape index (κ3) is 2.19. The van der Waals surface area contributed by atoms with Crippen molar-refractivity contribution in [2.45, 2.75) is 13.0 Å². The Morgan fingerprint density at radius 2 is 2.22 bits per heavy atom. The van der Waals surface area contributed by atoms with Gasteiger partial charge in [0.05, 0.1) is 11.6 Å². The standard InChI is InChI=1S/C12H16N4O2/c1-8(7-15(2)3)16-11-9(12(17)18)5-4-6-10(11)13-14-16/h4-6,8H,7H2,1-3H3,(H,17,18). The summed E-state index contributed by atoms with van der Waals surface area (Å²) in [7, 11) is 3.93. The number of nitrogens with zero attached hydrogens (tertiary/aromatic N) is 4. The summed E-state index contributed by atoms with van der Waals surface area (Å²) < 4.78 is 1.68. The molecule has 0 saturated heterocycles. The zero-order valence-electron chi connectivity index (χ0n) is 10.7. The molecule has 1 heterocycles. The van der Waals surface area contributed by atoms with Crippen molar-refractivity contribution in [1.82, 2.24) is 19.9 Å². The molecule has 0 bridgehead atoms. The smallest absolute Gasteiger partial charge is 0.337 e. The van der Waals surface area contributed by atoms with Crippen LogP contribution in [0, 0.1) is 0 Å². The van der Waals surface area contributed by atoms with E-state index in [0.717, 1.165) is 6.54 Å². The van der Waals surface area contributed by atoms with Crippen LogP contribution in [-0.4, -0.2) is 51.6 Å². The second-order valence-electron chi connectivity index (χ2n) is 4.62. The van der Waals surface area contributed by atoms with Crippen LogP contribution in [0.25, 0.3) is 11.0 Å². The molecule has 1 unspecified atom stereocenters. The Morgan fingerprint density at radius 3 is 2.83 bits per heavy atom. The van der Waals surface area contributed by atoms with Gasteiger partial charge in [0.2, 0.25) is 0 Å². The molecule has 0 aliphatic rings. The van der Waals surface area contributed by atoms with Gasteiger partial charge >= 0.3 is 5.97 Å². The van der Waals surface area contributed by atoms with Crippen molar-refractivity contribution in [2.75, 3.05) is 20.6 Å². The third-order valence-electron chi connectivity index (χ3n) is 2.77. The monoisotopic (exact) mass is 248 g/mol. The minimum absolute atomic E-state index is 0.0606. The summed E-state index contributed by atoms with van der Waals surface area (Å²) in [4.78, 5) is 13.3. The van der Waals surface area contributed by atoms with Gasteiger partial charge in [-0.3, -0.25) is 0 Å². The molecule has 0 aliphatic carbocycles. The summed E-state index contributed by atoms with van der Waals surface area (Å²) in [5.41, 5.74) is 1.43. The third-order valence-corrected chi connectivity index (χ3v) is 2.77. The van der Waals surface area contributed by atoms with Gasteiger partial charge in [-0.05, 0) is 33.2 Å². The number of aromatic nitrogens is 3. The van der Waals surface area contributed by atoms with Crippen molar-refractivity contribution in [3.05, 3.63) is 23.8 Å². The molecule has 6 nitrogen and oxygen atoms in total. The molecule has 1 aromatic heterocycles. The predicted molar refractivity (Wildman–Crippen MR) is 67.8 cm³/mol. The SMILES string of the molecule is CC(CN(C)C)n1nnc2cccc(C(=O)O)c21. The van der Waals surface area contributed by atoms with Crippen molar-refractivity contribution in [1.29, 1.82) is 0 Å². The quantitative estimate of drug-likeness (QED) is 0.881. The minimum Gasteiger partial charge on any atom is -0.478 e. The first-order valence-electron chi connectivity index (χ1n) is 5.72. The highest BCUT2D eigenvalue weighted by Gasteiger charge is 2.18. The lowest BCUT2D eigenvalue weighted by atomic mass is 10.1. The van der Waals surface area contributed by atoms with E-state index < -0.39 is 5.97 Å². The van der Waals surface area contributed by atoms with Gasteiger partial charge in [0.15, 0.2) is 0 Å². The van der Waals surface area contributed by atoms with Crippen LogP contribution in [0.15, 0.2) is 18.2 Å². The Balaban J connectivity index is 2.55. The number of carboxylic acids is 1. The second-order valence-corrected chi connectivity index (χ2v) is 4.62. The molecule has 0 fully saturated rings. The van der Waals surface area contributed by atoms with Crippen LogP contribution in [0.1, 0.15) is 23.3 Å². The summed E-state index contributed by atoms with van der Waals surface area (Å²) in [5, 5.41) is 17.3. The highest BCUT2D eigenvalue weighted by atomic mass is 16.4. The molecule has 2 rings (SSSR count). The molecule has 1 N–H and O–H groups in total. The molecule has 0 radical (unpaired) electrons. The first-order valence-corrected chi connectivity index (χ1v) is 5.72. The molecule has 6 heteroatoms. The molecule has 96 valence electrons. The van der Waals surface area contributed by atoms with E-state index in [1.165, 1.54) is 0 Å². The Morgan fingerprint density at radius 1 is 1.50 bits per heavy atom. The van der Waals surface area contributed by atoms with Crippen LogP contribution in [0.2, 0.25) is 0 Å². The van der Waals surface area contributed by atoms with Crippen LogP contribution >= 0.6 is 0 Å². The molecule has 18 heavy (non-hydrogen) atoms. The van der Waals surface area contributed by atoms with Crippen molar-refractivity contribution in [2.24, 2.45) is 0 Å². The van der Waals surface area contributed by atoms with E-state index in [2.05, 4.69) is 10.3 Å². The van der Waals surface area contributed by atoms with Crippen LogP contribution in [0.5, 0.6) is 0 Å². The van der Waals surface area contributed by atoms with E-state index in [1.54, 1.807) is 22.9 Å². The lowest BCUT2D eigenvalue weighted by molar-refractivity contribution is 0.0698. The van der Waals surface area contributed by atoms with Gasteiger partial charge in [-0.15, -0.1) is 5.10 Å². The maximum atomic E-state index is 11.2. The molecule has 0 amide bonds. The number of rotatable bonds is 4. The lowest BCUT2D eigenvalue weighted by Gasteiger charge is -2.17. The fourth-order valence-corrected chi connectivity index (χ4v) is 2.08. The molecular formula is C12H16N4O2. The van der Waals surface area contributed by atoms with Crippen LogP contribution in [0.4, 0.5) is 0 Å². The number of likely N-dealkylation sites (N-methyl/N-ethyl adjacent to an activating group) is 1. The molecule has 0 saturated carbocycles. The Hall–Kier alpha value is -1.95. The Bertz CT molecular complexity index is 576. The molecule has 2 aromatic rings. The zero-order chi connectivity index (χ0) is 13.3. The minimum atomic E-state index is -0.957. The van der Waals surface area contributed by atoms with Gasteiger partial charge in [-0.25, -0.2) is 9.48 Å². The first-order chi connectivity index (χ1) is 8.50. The summed E-state index contributed by atoms with van der Waals surface area (Å²) in [5.74, 6) is -0.957. The number of para-hydroxylation sites is 1. The second kappa shape index (κ2) is 4.73. The van der Waals surface area contributed by atoms with Gasteiger partial charge < -0.3 is 10.0 Å². The fourth-order valence-electron chi connectivity index (χ4n) is 2.08. The van der Waals surface area contributed by atoms with Gasteiger partial charge in [-0.2, -0.15) is 0 Å². The molecule has 0 aliphatic heterocycles. The number of carbonyl (C=O) groups is 1. The van der Waals surface area contributed by atoms with Crippen molar-refractivity contribution < 1.29 is 9.90 Å². The van der Waals surface area contributed by atoms with Crippen molar-refractivity contribution in [3.8, 4) is 0 Å². The van der Waals surface area contributed by atoms with E-state index in [0.29, 0.717) is 11.0 Å². The summed E-state index contributed by atoms with van der Waals surface area (Å²) >= 11 is 0.